The van der Waals surface area contributed by atoms with Crippen LogP contribution in [-0.2, 0) is 9.53 Å². The van der Waals surface area contributed by atoms with Crippen LogP contribution in [0, 0.1) is 0 Å². The molecule has 3 aromatic carbocycles. The van der Waals surface area contributed by atoms with Crippen LogP contribution in [0.5, 0.6) is 0 Å². The fourth-order valence-electron chi connectivity index (χ4n) is 3.90. The zero-order valence-corrected chi connectivity index (χ0v) is 19.3. The lowest BCUT2D eigenvalue weighted by Gasteiger charge is -2.16. The summed E-state index contributed by atoms with van der Waals surface area (Å²) >= 11 is 3.32. The van der Waals surface area contributed by atoms with Gasteiger partial charge in [-0.05, 0) is 47.4 Å². The number of aliphatic carboxylic acids is 1. The zero-order chi connectivity index (χ0) is 23.5. The standard InChI is InChI=1S/C25H21BrN2O5/c1-14(24(30)31)27-23(29)20-11-10-15(26)12-22(20)28-25(32)33-13-21-18-8-4-2-6-16(18)17-7-3-5-9-19(17)21/h2-12,14,21H,13H2,1H3,(H,27,29)(H,28,32)(H,30,31). The number of carbonyl (C=O) groups is 3. The first-order valence-electron chi connectivity index (χ1n) is 10.3. The molecular formula is C25H21BrN2O5. The number of amides is 2. The van der Waals surface area contributed by atoms with Gasteiger partial charge in [-0.1, -0.05) is 64.5 Å². The molecule has 0 fully saturated rings. The number of fused-ring (bicyclic) bond motifs is 3. The average Bonchev–Trinajstić information content (AvgIpc) is 3.11. The zero-order valence-electron chi connectivity index (χ0n) is 17.7. The Kier molecular flexibility index (Phi) is 6.46. The van der Waals surface area contributed by atoms with E-state index >= 15 is 0 Å². The summed E-state index contributed by atoms with van der Waals surface area (Å²) in [6.07, 6.45) is -0.713. The number of rotatable bonds is 6. The van der Waals surface area contributed by atoms with E-state index in [0.29, 0.717) is 4.47 Å². The van der Waals surface area contributed by atoms with Crippen LogP contribution in [0.1, 0.15) is 34.3 Å². The predicted octanol–water partition coefficient (Wildman–Crippen LogP) is 5.01. The fourth-order valence-corrected chi connectivity index (χ4v) is 4.26. The second-order valence-electron chi connectivity index (χ2n) is 7.67. The van der Waals surface area contributed by atoms with Crippen molar-refractivity contribution in [2.24, 2.45) is 0 Å². The minimum absolute atomic E-state index is 0.0927. The van der Waals surface area contributed by atoms with Gasteiger partial charge >= 0.3 is 12.1 Å². The highest BCUT2D eigenvalue weighted by atomic mass is 79.9. The van der Waals surface area contributed by atoms with E-state index < -0.39 is 24.0 Å². The second kappa shape index (κ2) is 9.46. The molecule has 0 bridgehead atoms. The summed E-state index contributed by atoms with van der Waals surface area (Å²) in [6, 6.07) is 19.7. The van der Waals surface area contributed by atoms with Crippen LogP contribution in [0.25, 0.3) is 11.1 Å². The molecule has 0 radical (unpaired) electrons. The molecule has 1 aliphatic rings. The van der Waals surface area contributed by atoms with Crippen LogP contribution in [0.3, 0.4) is 0 Å². The SMILES string of the molecule is CC(NC(=O)c1ccc(Br)cc1NC(=O)OCC1c2ccccc2-c2ccccc21)C(=O)O. The average molecular weight is 509 g/mol. The van der Waals surface area contributed by atoms with E-state index in [0.717, 1.165) is 22.3 Å². The molecule has 0 heterocycles. The van der Waals surface area contributed by atoms with Crippen molar-refractivity contribution in [1.82, 2.24) is 5.32 Å². The summed E-state index contributed by atoms with van der Waals surface area (Å²) in [5.41, 5.74) is 4.77. The van der Waals surface area contributed by atoms with Gasteiger partial charge in [-0.15, -0.1) is 0 Å². The van der Waals surface area contributed by atoms with Crippen LogP contribution in [-0.4, -0.2) is 35.7 Å². The Hall–Kier alpha value is -3.65. The summed E-state index contributed by atoms with van der Waals surface area (Å²) in [6.45, 7) is 1.49. The van der Waals surface area contributed by atoms with Crippen molar-refractivity contribution < 1.29 is 24.2 Å². The third-order valence-corrected chi connectivity index (χ3v) is 6.02. The van der Waals surface area contributed by atoms with Crippen molar-refractivity contribution in [3.8, 4) is 11.1 Å². The van der Waals surface area contributed by atoms with E-state index in [1.807, 2.05) is 36.4 Å². The number of ether oxygens (including phenoxy) is 1. The van der Waals surface area contributed by atoms with Gasteiger partial charge in [0.05, 0.1) is 11.3 Å². The molecule has 1 aliphatic carbocycles. The first-order valence-corrected chi connectivity index (χ1v) is 11.1. The number of halogens is 1. The van der Waals surface area contributed by atoms with Gasteiger partial charge in [0.2, 0.25) is 0 Å². The highest BCUT2D eigenvalue weighted by Gasteiger charge is 2.29. The molecular weight excluding hydrogens is 488 g/mol. The van der Waals surface area contributed by atoms with E-state index in [1.54, 1.807) is 12.1 Å². The maximum Gasteiger partial charge on any atom is 0.411 e. The monoisotopic (exact) mass is 508 g/mol. The first-order chi connectivity index (χ1) is 15.8. The molecule has 0 spiro atoms. The number of nitrogens with one attached hydrogen (secondary N) is 2. The number of carbonyl (C=O) groups excluding carboxylic acids is 2. The minimum atomic E-state index is -1.16. The largest absolute Gasteiger partial charge is 0.480 e. The van der Waals surface area contributed by atoms with Crippen molar-refractivity contribution in [3.05, 3.63) is 87.9 Å². The topological polar surface area (TPSA) is 105 Å². The van der Waals surface area contributed by atoms with E-state index in [4.69, 9.17) is 9.84 Å². The number of carboxylic acids is 1. The molecule has 33 heavy (non-hydrogen) atoms. The van der Waals surface area contributed by atoms with E-state index in [2.05, 4.69) is 38.7 Å². The Bertz CT molecular complexity index is 1200. The van der Waals surface area contributed by atoms with Gasteiger partial charge in [-0.3, -0.25) is 14.9 Å². The maximum atomic E-state index is 12.6. The van der Waals surface area contributed by atoms with Crippen LogP contribution >= 0.6 is 15.9 Å². The van der Waals surface area contributed by atoms with Crippen LogP contribution in [0.15, 0.2) is 71.2 Å². The summed E-state index contributed by atoms with van der Waals surface area (Å²) in [5.74, 6) is -1.87. The van der Waals surface area contributed by atoms with Gasteiger partial charge in [0.15, 0.2) is 0 Å². The Morgan fingerprint density at radius 1 is 1.00 bits per heavy atom. The highest BCUT2D eigenvalue weighted by Crippen LogP contribution is 2.44. The lowest BCUT2D eigenvalue weighted by atomic mass is 9.98. The molecule has 0 saturated carbocycles. The summed E-state index contributed by atoms with van der Waals surface area (Å²) in [5, 5.41) is 14.0. The molecule has 3 aromatic rings. The van der Waals surface area contributed by atoms with Crippen LogP contribution in [0.4, 0.5) is 10.5 Å². The van der Waals surface area contributed by atoms with E-state index in [1.165, 1.54) is 13.0 Å². The Morgan fingerprint density at radius 3 is 2.21 bits per heavy atom. The fraction of sp³-hybridized carbons (Fsp3) is 0.160. The van der Waals surface area contributed by atoms with Crippen molar-refractivity contribution in [1.29, 1.82) is 0 Å². The predicted molar refractivity (Wildman–Crippen MR) is 127 cm³/mol. The molecule has 168 valence electrons. The maximum absolute atomic E-state index is 12.6. The molecule has 1 unspecified atom stereocenters. The summed E-state index contributed by atoms with van der Waals surface area (Å²) in [4.78, 5) is 36.2. The number of benzene rings is 3. The van der Waals surface area contributed by atoms with Crippen molar-refractivity contribution in [3.63, 3.8) is 0 Å². The quantitative estimate of drug-likeness (QED) is 0.433. The molecule has 4 rings (SSSR count). The van der Waals surface area contributed by atoms with Crippen molar-refractivity contribution in [2.45, 2.75) is 18.9 Å². The summed E-state index contributed by atoms with van der Waals surface area (Å²) in [7, 11) is 0. The van der Waals surface area contributed by atoms with Gasteiger partial charge in [0.25, 0.3) is 5.91 Å². The van der Waals surface area contributed by atoms with E-state index in [9.17, 15) is 14.4 Å². The lowest BCUT2D eigenvalue weighted by Crippen LogP contribution is -2.38. The molecule has 0 aromatic heterocycles. The van der Waals surface area contributed by atoms with Gasteiger partial charge in [-0.25, -0.2) is 4.79 Å². The van der Waals surface area contributed by atoms with Gasteiger partial charge < -0.3 is 15.2 Å². The molecule has 3 N–H and O–H groups in total. The van der Waals surface area contributed by atoms with Gasteiger partial charge in [0, 0.05) is 10.4 Å². The Morgan fingerprint density at radius 2 is 1.61 bits per heavy atom. The smallest absolute Gasteiger partial charge is 0.411 e. The van der Waals surface area contributed by atoms with Crippen molar-refractivity contribution in [2.75, 3.05) is 11.9 Å². The first kappa shape index (κ1) is 22.5. The number of hydrogen-bond acceptors (Lipinski definition) is 4. The Balaban J connectivity index is 1.49. The molecule has 1 atom stereocenters. The highest BCUT2D eigenvalue weighted by molar-refractivity contribution is 9.10. The number of hydrogen-bond donors (Lipinski definition) is 3. The molecule has 7 nitrogen and oxygen atoms in total. The minimum Gasteiger partial charge on any atom is -0.480 e. The lowest BCUT2D eigenvalue weighted by molar-refractivity contribution is -0.138. The third-order valence-electron chi connectivity index (χ3n) is 5.52. The van der Waals surface area contributed by atoms with Crippen LogP contribution in [0.2, 0.25) is 0 Å². The van der Waals surface area contributed by atoms with Gasteiger partial charge in [0.1, 0.15) is 12.6 Å². The molecule has 0 saturated heterocycles. The van der Waals surface area contributed by atoms with E-state index in [-0.39, 0.29) is 23.8 Å². The molecule has 2 amide bonds. The van der Waals surface area contributed by atoms with Crippen molar-refractivity contribution >= 4 is 39.6 Å². The summed E-state index contributed by atoms with van der Waals surface area (Å²) < 4.78 is 6.18. The van der Waals surface area contributed by atoms with Crippen LogP contribution < -0.4 is 10.6 Å². The Labute approximate surface area is 198 Å². The number of anilines is 1. The third kappa shape index (κ3) is 4.75. The molecule has 0 aliphatic heterocycles. The number of carboxylic acid groups (broad SMARTS) is 1. The second-order valence-corrected chi connectivity index (χ2v) is 8.59. The normalized spacial score (nSPS) is 12.9. The van der Waals surface area contributed by atoms with Gasteiger partial charge in [-0.2, -0.15) is 0 Å². The molecule has 8 heteroatoms.